The summed E-state index contributed by atoms with van der Waals surface area (Å²) in [6.07, 6.45) is 0. The Balaban J connectivity index is 2.54. The summed E-state index contributed by atoms with van der Waals surface area (Å²) in [5.74, 6) is 0.104. The minimum Gasteiger partial charge on any atom is -0.480 e. The molecule has 2 N–H and O–H groups in total. The van der Waals surface area contributed by atoms with Crippen molar-refractivity contribution in [3.63, 3.8) is 0 Å². The van der Waals surface area contributed by atoms with E-state index in [0.29, 0.717) is 5.02 Å². The number of anilines is 1. The second-order valence-corrected chi connectivity index (χ2v) is 5.62. The number of rotatable bonds is 3. The average Bonchev–Trinajstić information content (AvgIpc) is 2.72. The van der Waals surface area contributed by atoms with Crippen LogP contribution in [0.1, 0.15) is 0 Å². The van der Waals surface area contributed by atoms with Crippen molar-refractivity contribution in [3.8, 4) is 5.88 Å². The first-order chi connectivity index (χ1) is 8.45. The molecule has 0 amide bonds. The monoisotopic (exact) mass is 287 g/mol. The number of nitrogen functional groups attached to an aromatic ring is 1. The van der Waals surface area contributed by atoms with Crippen LogP contribution >= 0.6 is 11.6 Å². The van der Waals surface area contributed by atoms with Crippen LogP contribution in [0.3, 0.4) is 0 Å². The maximum Gasteiger partial charge on any atom is 0.284 e. The number of methoxy groups -OCH3 is 1. The molecule has 0 bridgehead atoms. The van der Waals surface area contributed by atoms with Gasteiger partial charge in [0.05, 0.1) is 12.0 Å². The number of halogens is 1. The van der Waals surface area contributed by atoms with Gasteiger partial charge < -0.3 is 10.5 Å². The molecule has 0 aliphatic carbocycles. The highest BCUT2D eigenvalue weighted by atomic mass is 35.5. The van der Waals surface area contributed by atoms with Gasteiger partial charge in [0, 0.05) is 11.1 Å². The van der Waals surface area contributed by atoms with E-state index in [4.69, 9.17) is 22.1 Å². The van der Waals surface area contributed by atoms with Gasteiger partial charge in [0.15, 0.2) is 0 Å². The van der Waals surface area contributed by atoms with Crippen molar-refractivity contribution < 1.29 is 13.2 Å². The Morgan fingerprint density at radius 2 is 1.94 bits per heavy atom. The minimum absolute atomic E-state index is 0.0261. The molecule has 0 radical (unpaired) electrons. The van der Waals surface area contributed by atoms with Gasteiger partial charge in [0.25, 0.3) is 10.0 Å². The highest BCUT2D eigenvalue weighted by Crippen LogP contribution is 2.21. The van der Waals surface area contributed by atoms with Gasteiger partial charge in [-0.25, -0.2) is 0 Å². The number of ether oxygens (including phenoxy) is 1. The largest absolute Gasteiger partial charge is 0.480 e. The van der Waals surface area contributed by atoms with Crippen molar-refractivity contribution in [1.82, 2.24) is 9.19 Å². The molecular weight excluding hydrogens is 278 g/mol. The fourth-order valence-corrected chi connectivity index (χ4v) is 2.68. The van der Waals surface area contributed by atoms with E-state index in [1.807, 2.05) is 0 Å². The number of aromatic nitrogens is 2. The molecule has 0 aliphatic heterocycles. The second kappa shape index (κ2) is 4.51. The van der Waals surface area contributed by atoms with Crippen LogP contribution in [0.25, 0.3) is 0 Å². The summed E-state index contributed by atoms with van der Waals surface area (Å²) < 4.78 is 30.0. The molecule has 1 aromatic heterocycles. The summed E-state index contributed by atoms with van der Waals surface area (Å²) in [4.78, 5) is 0.0457. The fraction of sp³-hybridized carbons (Fsp3) is 0.100. The third kappa shape index (κ3) is 2.14. The zero-order valence-electron chi connectivity index (χ0n) is 9.37. The van der Waals surface area contributed by atoms with E-state index in [1.54, 1.807) is 0 Å². The molecular formula is C10H10ClN3O3S. The first-order valence-electron chi connectivity index (χ1n) is 4.86. The average molecular weight is 288 g/mol. The summed E-state index contributed by atoms with van der Waals surface area (Å²) >= 11 is 5.70. The third-order valence-electron chi connectivity index (χ3n) is 2.23. The maximum absolute atomic E-state index is 12.2. The van der Waals surface area contributed by atoms with Crippen LogP contribution in [-0.2, 0) is 10.0 Å². The van der Waals surface area contributed by atoms with Gasteiger partial charge in [0.2, 0.25) is 5.88 Å². The van der Waals surface area contributed by atoms with E-state index in [9.17, 15) is 8.42 Å². The Kier molecular flexibility index (Phi) is 3.18. The first kappa shape index (κ1) is 12.7. The molecule has 2 rings (SSSR count). The van der Waals surface area contributed by atoms with E-state index >= 15 is 0 Å². The van der Waals surface area contributed by atoms with Crippen LogP contribution in [0.2, 0.25) is 5.02 Å². The predicted octanol–water partition coefficient (Wildman–Crippen LogP) is 1.36. The van der Waals surface area contributed by atoms with Crippen molar-refractivity contribution in [2.24, 2.45) is 0 Å². The van der Waals surface area contributed by atoms with Gasteiger partial charge in [-0.1, -0.05) is 11.6 Å². The lowest BCUT2D eigenvalue weighted by atomic mass is 10.4. The molecule has 18 heavy (non-hydrogen) atoms. The number of hydrogen-bond acceptors (Lipinski definition) is 5. The molecule has 0 atom stereocenters. The summed E-state index contributed by atoms with van der Waals surface area (Å²) in [5.41, 5.74) is 5.59. The molecule has 1 heterocycles. The van der Waals surface area contributed by atoms with Crippen LogP contribution in [0.5, 0.6) is 5.88 Å². The lowest BCUT2D eigenvalue weighted by molar-refractivity contribution is 0.395. The lowest BCUT2D eigenvalue weighted by Crippen LogP contribution is -2.16. The fourth-order valence-electron chi connectivity index (χ4n) is 1.36. The molecule has 0 fully saturated rings. The lowest BCUT2D eigenvalue weighted by Gasteiger charge is -2.05. The topological polar surface area (TPSA) is 87.2 Å². The SMILES string of the molecule is COc1cc(N)n(S(=O)(=O)c2ccc(Cl)cc2)n1. The molecule has 2 aromatic rings. The minimum atomic E-state index is -3.83. The summed E-state index contributed by atoms with van der Waals surface area (Å²) in [6.45, 7) is 0. The molecule has 0 unspecified atom stereocenters. The van der Waals surface area contributed by atoms with Crippen molar-refractivity contribution >= 4 is 27.4 Å². The van der Waals surface area contributed by atoms with Gasteiger partial charge in [-0.3, -0.25) is 0 Å². The summed E-state index contributed by atoms with van der Waals surface area (Å²) in [6, 6.07) is 7.04. The molecule has 6 nitrogen and oxygen atoms in total. The maximum atomic E-state index is 12.2. The van der Waals surface area contributed by atoms with Gasteiger partial charge in [-0.2, -0.15) is 8.42 Å². The van der Waals surface area contributed by atoms with E-state index in [2.05, 4.69) is 5.10 Å². The van der Waals surface area contributed by atoms with Crippen molar-refractivity contribution in [2.45, 2.75) is 4.90 Å². The Morgan fingerprint density at radius 3 is 2.44 bits per heavy atom. The highest BCUT2D eigenvalue weighted by molar-refractivity contribution is 7.90. The van der Waals surface area contributed by atoms with Crippen LogP contribution in [-0.4, -0.2) is 24.7 Å². The Bertz CT molecular complexity index is 664. The van der Waals surface area contributed by atoms with E-state index < -0.39 is 10.0 Å². The standard InChI is InChI=1S/C10H10ClN3O3S/c1-17-10-6-9(12)14(13-10)18(15,16)8-4-2-7(11)3-5-8/h2-6H,12H2,1H3. The molecule has 0 saturated heterocycles. The second-order valence-electron chi connectivity index (χ2n) is 3.41. The van der Waals surface area contributed by atoms with Crippen molar-refractivity contribution in [1.29, 1.82) is 0 Å². The number of nitrogens with two attached hydrogens (primary N) is 1. The molecule has 0 spiro atoms. The normalized spacial score (nSPS) is 11.4. The van der Waals surface area contributed by atoms with E-state index in [0.717, 1.165) is 4.09 Å². The zero-order chi connectivity index (χ0) is 13.3. The number of benzene rings is 1. The Labute approximate surface area is 109 Å². The quantitative estimate of drug-likeness (QED) is 0.921. The number of nitrogens with zero attached hydrogens (tertiary/aromatic N) is 2. The van der Waals surface area contributed by atoms with Crippen molar-refractivity contribution in [2.75, 3.05) is 12.8 Å². The van der Waals surface area contributed by atoms with Gasteiger partial charge in [-0.05, 0) is 24.3 Å². The van der Waals surface area contributed by atoms with Gasteiger partial charge in [-0.15, -0.1) is 9.19 Å². The Morgan fingerprint density at radius 1 is 1.33 bits per heavy atom. The van der Waals surface area contributed by atoms with E-state index in [-0.39, 0.29) is 16.6 Å². The molecule has 8 heteroatoms. The third-order valence-corrected chi connectivity index (χ3v) is 4.10. The van der Waals surface area contributed by atoms with E-state index in [1.165, 1.54) is 37.4 Å². The van der Waals surface area contributed by atoms with Crippen LogP contribution < -0.4 is 10.5 Å². The van der Waals surface area contributed by atoms with Crippen LogP contribution in [0, 0.1) is 0 Å². The highest BCUT2D eigenvalue weighted by Gasteiger charge is 2.21. The van der Waals surface area contributed by atoms with Gasteiger partial charge in [0.1, 0.15) is 5.82 Å². The molecule has 96 valence electrons. The first-order valence-corrected chi connectivity index (χ1v) is 6.67. The van der Waals surface area contributed by atoms with Crippen LogP contribution in [0.15, 0.2) is 35.2 Å². The molecule has 1 aromatic carbocycles. The zero-order valence-corrected chi connectivity index (χ0v) is 10.9. The smallest absolute Gasteiger partial charge is 0.284 e. The summed E-state index contributed by atoms with van der Waals surface area (Å²) in [5, 5.41) is 4.19. The Hall–Kier alpha value is -1.73. The van der Waals surface area contributed by atoms with Crippen LogP contribution in [0.4, 0.5) is 5.82 Å². The molecule has 0 saturated carbocycles. The molecule has 0 aliphatic rings. The summed E-state index contributed by atoms with van der Waals surface area (Å²) in [7, 11) is -2.46. The van der Waals surface area contributed by atoms with Crippen molar-refractivity contribution in [3.05, 3.63) is 35.4 Å². The predicted molar refractivity (Wildman–Crippen MR) is 67.2 cm³/mol. The number of hydrogen-bond donors (Lipinski definition) is 1. The van der Waals surface area contributed by atoms with Gasteiger partial charge >= 0.3 is 0 Å².